The van der Waals surface area contributed by atoms with Gasteiger partial charge in [0.25, 0.3) is 0 Å². The number of fused-ring (bicyclic) bond motifs is 1. The Morgan fingerprint density at radius 1 is 0.721 bits per heavy atom. The number of aliphatic carboxylic acids is 1. The lowest BCUT2D eigenvalue weighted by Gasteiger charge is -2.33. The molecule has 3 aliphatic rings. The first-order valence-corrected chi connectivity index (χ1v) is 23.0. The lowest BCUT2D eigenvalue weighted by atomic mass is 9.88. The van der Waals surface area contributed by atoms with E-state index >= 15 is 0 Å². The van der Waals surface area contributed by atoms with Crippen LogP contribution in [0.15, 0.2) is 12.2 Å². The summed E-state index contributed by atoms with van der Waals surface area (Å²) in [6, 6.07) is 0. The highest BCUT2D eigenvalue weighted by Crippen LogP contribution is 2.36. The number of rotatable bonds is 25. The van der Waals surface area contributed by atoms with E-state index in [1.54, 1.807) is 15.9 Å². The Morgan fingerprint density at radius 3 is 1.67 bits per heavy atom. The molecule has 0 radical (unpaired) electrons. The topological polar surface area (TPSA) is 240 Å². The molecule has 0 spiro atoms. The molecular formula is C44H74N8O9. The van der Waals surface area contributed by atoms with Crippen molar-refractivity contribution in [1.82, 2.24) is 19.9 Å². The fourth-order valence-electron chi connectivity index (χ4n) is 8.55. The normalized spacial score (nSPS) is 20.0. The van der Waals surface area contributed by atoms with Gasteiger partial charge in [0.1, 0.15) is 16.8 Å². The number of carbonyl (C=O) groups is 2. The standard InChI is InChI=1S/C24H40N8O4.C20H34O5/c33-15-11-31(12-16-34)23-26-20-19(21(27-23)29-7-3-1-4-8-29)25-24(32(13-17-35)14-18-36)28-22(20)30-9-5-2-6-10-30;1-2-3-6-9-15(21)12-13-17-16(18(22)14-19(17)23)10-7-4-5-8-11-20(24)25/h33-36H,1-18H2;12-13,15-17,19,21,23H,2-11,14H2,1H3,(H,24,25)/b;13-12+/t;15-,16+,17+,19+/m.0/s1. The number of unbranched alkanes of at least 4 members (excludes halogenated alkanes) is 5. The fourth-order valence-corrected chi connectivity index (χ4v) is 8.55. The van der Waals surface area contributed by atoms with Gasteiger partial charge in [-0.05, 0) is 57.8 Å². The number of anilines is 4. The number of aliphatic hydroxyl groups excluding tert-OH is 6. The monoisotopic (exact) mass is 859 g/mol. The number of carboxylic acids is 1. The minimum atomic E-state index is -0.767. The Labute approximate surface area is 361 Å². The largest absolute Gasteiger partial charge is 0.481 e. The van der Waals surface area contributed by atoms with Crippen molar-refractivity contribution >= 4 is 46.3 Å². The first-order valence-electron chi connectivity index (χ1n) is 23.0. The smallest absolute Gasteiger partial charge is 0.303 e. The van der Waals surface area contributed by atoms with Crippen LogP contribution in [0.2, 0.25) is 0 Å². The van der Waals surface area contributed by atoms with Crippen LogP contribution in [0.1, 0.15) is 116 Å². The maximum Gasteiger partial charge on any atom is 0.303 e. The number of aliphatic hydroxyl groups is 6. The first kappa shape index (κ1) is 49.9. The number of hydrogen-bond donors (Lipinski definition) is 7. The fraction of sp³-hybridized carbons (Fsp3) is 0.773. The van der Waals surface area contributed by atoms with Crippen LogP contribution in [-0.4, -0.2) is 158 Å². The molecule has 2 aliphatic heterocycles. The van der Waals surface area contributed by atoms with Crippen LogP contribution in [-0.2, 0) is 9.59 Å². The number of piperidine rings is 2. The van der Waals surface area contributed by atoms with Crippen LogP contribution in [0.5, 0.6) is 0 Å². The second kappa shape index (κ2) is 27.3. The van der Waals surface area contributed by atoms with Crippen LogP contribution in [0.25, 0.3) is 11.0 Å². The molecule has 2 saturated heterocycles. The summed E-state index contributed by atoms with van der Waals surface area (Å²) >= 11 is 0. The zero-order valence-corrected chi connectivity index (χ0v) is 36.5. The van der Waals surface area contributed by atoms with E-state index in [1.165, 1.54) is 12.8 Å². The molecule has 0 aromatic carbocycles. The van der Waals surface area contributed by atoms with Crippen molar-refractivity contribution in [1.29, 1.82) is 0 Å². The van der Waals surface area contributed by atoms with Crippen molar-refractivity contribution in [3.63, 3.8) is 0 Å². The van der Waals surface area contributed by atoms with E-state index < -0.39 is 18.2 Å². The van der Waals surface area contributed by atoms with Crippen molar-refractivity contribution in [2.45, 2.75) is 128 Å². The average molecular weight is 859 g/mol. The second-order valence-corrected chi connectivity index (χ2v) is 16.6. The van der Waals surface area contributed by atoms with Crippen LogP contribution < -0.4 is 19.6 Å². The lowest BCUT2D eigenvalue weighted by Crippen LogP contribution is -2.36. The zero-order valence-electron chi connectivity index (χ0n) is 36.5. The average Bonchev–Trinajstić information content (AvgIpc) is 3.54. The number of nitrogens with zero attached hydrogens (tertiary/aromatic N) is 8. The molecule has 4 atom stereocenters. The molecule has 5 rings (SSSR count). The number of aromatic nitrogens is 4. The van der Waals surface area contributed by atoms with Crippen molar-refractivity contribution in [3.05, 3.63) is 12.2 Å². The molecule has 1 aliphatic carbocycles. The molecule has 61 heavy (non-hydrogen) atoms. The molecule has 3 fully saturated rings. The highest BCUT2D eigenvalue weighted by Gasteiger charge is 2.39. The van der Waals surface area contributed by atoms with Gasteiger partial charge in [-0.2, -0.15) is 9.97 Å². The molecule has 17 nitrogen and oxygen atoms in total. The third-order valence-corrected chi connectivity index (χ3v) is 11.9. The first-order chi connectivity index (χ1) is 29.6. The summed E-state index contributed by atoms with van der Waals surface area (Å²) in [7, 11) is 0. The molecular weight excluding hydrogens is 785 g/mol. The minimum Gasteiger partial charge on any atom is -0.481 e. The molecule has 0 bridgehead atoms. The van der Waals surface area contributed by atoms with Gasteiger partial charge in [-0.1, -0.05) is 57.6 Å². The van der Waals surface area contributed by atoms with Crippen molar-refractivity contribution < 1.29 is 45.3 Å². The highest BCUT2D eigenvalue weighted by molar-refractivity contribution is 5.95. The summed E-state index contributed by atoms with van der Waals surface area (Å²) in [4.78, 5) is 50.4. The lowest BCUT2D eigenvalue weighted by molar-refractivity contribution is -0.137. The van der Waals surface area contributed by atoms with Gasteiger partial charge in [-0.25, -0.2) is 9.97 Å². The maximum atomic E-state index is 12.1. The predicted octanol–water partition coefficient (Wildman–Crippen LogP) is 3.46. The van der Waals surface area contributed by atoms with Gasteiger partial charge in [0, 0.05) is 77.0 Å². The molecule has 344 valence electrons. The van der Waals surface area contributed by atoms with E-state index in [0.717, 1.165) is 115 Å². The molecule has 2 aromatic heterocycles. The number of carboxylic acid groups (broad SMARTS) is 1. The van der Waals surface area contributed by atoms with E-state index in [1.807, 2.05) is 6.08 Å². The minimum absolute atomic E-state index is 0.0772. The van der Waals surface area contributed by atoms with Crippen LogP contribution in [0.3, 0.4) is 0 Å². The Kier molecular flexibility index (Phi) is 22.4. The number of ketones is 1. The van der Waals surface area contributed by atoms with Gasteiger partial charge in [-0.15, -0.1) is 0 Å². The molecule has 0 unspecified atom stereocenters. The zero-order chi connectivity index (χ0) is 44.0. The van der Waals surface area contributed by atoms with Crippen molar-refractivity contribution in [2.24, 2.45) is 11.8 Å². The highest BCUT2D eigenvalue weighted by atomic mass is 16.4. The van der Waals surface area contributed by atoms with E-state index in [0.29, 0.717) is 55.5 Å². The van der Waals surface area contributed by atoms with Gasteiger partial charge in [0.05, 0.1) is 38.6 Å². The quantitative estimate of drug-likeness (QED) is 0.0559. The Hall–Kier alpha value is -3.74. The summed E-state index contributed by atoms with van der Waals surface area (Å²) in [5, 5.41) is 67.3. The summed E-state index contributed by atoms with van der Waals surface area (Å²) in [6.45, 7) is 6.50. The van der Waals surface area contributed by atoms with E-state index in [9.17, 15) is 40.2 Å². The summed E-state index contributed by atoms with van der Waals surface area (Å²) in [6.07, 6.45) is 17.4. The third-order valence-electron chi connectivity index (χ3n) is 11.9. The van der Waals surface area contributed by atoms with E-state index in [-0.39, 0.29) is 56.9 Å². The number of carbonyl (C=O) groups excluding carboxylic acids is 1. The van der Waals surface area contributed by atoms with Gasteiger partial charge in [-0.3, -0.25) is 9.59 Å². The molecule has 2 aromatic rings. The molecule has 4 heterocycles. The summed E-state index contributed by atoms with van der Waals surface area (Å²) in [5.74, 6) is 1.31. The van der Waals surface area contributed by atoms with Gasteiger partial charge in [0.2, 0.25) is 11.9 Å². The SMILES string of the molecule is CCCCC[C@H](O)/C=C/[C@H]1[C@H](O)CC(=O)[C@@H]1CCCCCCC(=O)O.OCCN(CCO)c1nc(N2CCCCC2)c2nc(N(CCO)CCO)nc(N3CCCCC3)c2n1. The van der Waals surface area contributed by atoms with E-state index in [4.69, 9.17) is 25.0 Å². The van der Waals surface area contributed by atoms with E-state index in [2.05, 4.69) is 16.7 Å². The van der Waals surface area contributed by atoms with Crippen LogP contribution >= 0.6 is 0 Å². The van der Waals surface area contributed by atoms with Crippen LogP contribution in [0, 0.1) is 11.8 Å². The summed E-state index contributed by atoms with van der Waals surface area (Å²) in [5.41, 5.74) is 1.31. The van der Waals surface area contributed by atoms with Crippen LogP contribution in [0.4, 0.5) is 23.5 Å². The Bertz CT molecular complexity index is 1540. The van der Waals surface area contributed by atoms with Gasteiger partial charge >= 0.3 is 5.97 Å². The molecule has 7 N–H and O–H groups in total. The second-order valence-electron chi connectivity index (χ2n) is 16.6. The maximum absolute atomic E-state index is 12.1. The Morgan fingerprint density at radius 2 is 1.21 bits per heavy atom. The predicted molar refractivity (Wildman–Crippen MR) is 237 cm³/mol. The Balaban J connectivity index is 0.000000289. The third kappa shape index (κ3) is 15.5. The van der Waals surface area contributed by atoms with Crippen molar-refractivity contribution in [2.75, 3.05) is 98.4 Å². The summed E-state index contributed by atoms with van der Waals surface area (Å²) < 4.78 is 0. The molecule has 1 saturated carbocycles. The van der Waals surface area contributed by atoms with Gasteiger partial charge < -0.3 is 55.3 Å². The molecule has 0 amide bonds. The van der Waals surface area contributed by atoms with Crippen molar-refractivity contribution in [3.8, 4) is 0 Å². The number of Topliss-reactive ketones (excluding diaryl/α,β-unsaturated/α-hetero) is 1. The van der Waals surface area contributed by atoms with Gasteiger partial charge in [0.15, 0.2) is 11.6 Å². The molecule has 17 heteroatoms. The number of hydrogen-bond acceptors (Lipinski definition) is 16.